The van der Waals surface area contributed by atoms with Gasteiger partial charge >= 0.3 is 5.97 Å². The number of nitrogens with zero attached hydrogens (tertiary/aromatic N) is 2. The van der Waals surface area contributed by atoms with E-state index >= 15 is 0 Å². The van der Waals surface area contributed by atoms with Crippen LogP contribution in [0, 0.1) is 5.82 Å². The second-order valence-electron chi connectivity index (χ2n) is 4.90. The van der Waals surface area contributed by atoms with Gasteiger partial charge in [-0.05, 0) is 24.3 Å². The summed E-state index contributed by atoms with van der Waals surface area (Å²) in [6.45, 7) is -0.149. The van der Waals surface area contributed by atoms with Gasteiger partial charge in [0.05, 0.1) is 5.75 Å². The van der Waals surface area contributed by atoms with Gasteiger partial charge in [-0.25, -0.2) is 4.39 Å². The normalized spacial score (nSPS) is 10.6. The highest BCUT2D eigenvalue weighted by atomic mass is 35.5. The third-order valence-corrected chi connectivity index (χ3v) is 4.35. The summed E-state index contributed by atoms with van der Waals surface area (Å²) in [5.74, 6) is -0.372. The lowest BCUT2D eigenvalue weighted by Gasteiger charge is -2.03. The maximum atomic E-state index is 13.5. The van der Waals surface area contributed by atoms with Crippen LogP contribution >= 0.6 is 23.4 Å². The van der Waals surface area contributed by atoms with Crippen molar-refractivity contribution in [3.05, 3.63) is 65.3 Å². The van der Waals surface area contributed by atoms with Crippen molar-refractivity contribution in [2.24, 2.45) is 0 Å². The molecule has 0 fully saturated rings. The summed E-state index contributed by atoms with van der Waals surface area (Å²) in [6.07, 6.45) is 0. The molecule has 25 heavy (non-hydrogen) atoms. The van der Waals surface area contributed by atoms with Gasteiger partial charge in [-0.3, -0.25) is 4.79 Å². The van der Waals surface area contributed by atoms with E-state index in [0.29, 0.717) is 21.3 Å². The molecule has 2 aromatic carbocycles. The van der Waals surface area contributed by atoms with Gasteiger partial charge in [0.25, 0.3) is 5.89 Å². The van der Waals surface area contributed by atoms with E-state index in [1.165, 1.54) is 6.07 Å². The number of benzene rings is 2. The standard InChI is InChI=1S/C17H12ClFN2O3S/c18-12-5-3-4-11(8-12)17-20-15(24-21-17)9-23-16(22)10-25-14-7-2-1-6-13(14)19/h1-8H,9-10H2. The molecule has 5 nitrogen and oxygen atoms in total. The van der Waals surface area contributed by atoms with Crippen LogP contribution in [-0.2, 0) is 16.1 Å². The molecule has 3 aromatic rings. The van der Waals surface area contributed by atoms with Gasteiger partial charge in [0.1, 0.15) is 5.82 Å². The molecule has 0 bridgehead atoms. The fourth-order valence-corrected chi connectivity index (χ4v) is 2.87. The summed E-state index contributed by atoms with van der Waals surface area (Å²) in [6, 6.07) is 13.2. The van der Waals surface area contributed by atoms with Gasteiger partial charge in [0, 0.05) is 15.5 Å². The summed E-state index contributed by atoms with van der Waals surface area (Å²) in [4.78, 5) is 16.3. The molecule has 0 saturated heterocycles. The fraction of sp³-hybridized carbons (Fsp3) is 0.118. The van der Waals surface area contributed by atoms with E-state index in [4.69, 9.17) is 20.9 Å². The highest BCUT2D eigenvalue weighted by molar-refractivity contribution is 8.00. The molecule has 1 heterocycles. The summed E-state index contributed by atoms with van der Waals surface area (Å²) >= 11 is 6.98. The largest absolute Gasteiger partial charge is 0.455 e. The second kappa shape index (κ2) is 8.13. The molecule has 1 aromatic heterocycles. The molecular formula is C17H12ClFN2O3S. The van der Waals surface area contributed by atoms with Crippen LogP contribution in [0.15, 0.2) is 57.9 Å². The van der Waals surface area contributed by atoms with E-state index in [1.807, 2.05) is 0 Å². The predicted octanol–water partition coefficient (Wildman–Crippen LogP) is 4.36. The molecule has 0 radical (unpaired) electrons. The molecule has 8 heteroatoms. The minimum atomic E-state index is -0.504. The Hall–Kier alpha value is -2.38. The first-order chi connectivity index (χ1) is 12.1. The Labute approximate surface area is 152 Å². The molecule has 0 amide bonds. The van der Waals surface area contributed by atoms with Crippen LogP contribution in [0.4, 0.5) is 4.39 Å². The van der Waals surface area contributed by atoms with Crippen molar-refractivity contribution >= 4 is 29.3 Å². The number of hydrogen-bond acceptors (Lipinski definition) is 6. The Bertz CT molecular complexity index is 888. The molecule has 128 valence electrons. The van der Waals surface area contributed by atoms with Gasteiger partial charge in [-0.2, -0.15) is 4.98 Å². The number of carbonyl (C=O) groups is 1. The average Bonchev–Trinajstić information content (AvgIpc) is 3.08. The number of halogens is 2. The third-order valence-electron chi connectivity index (χ3n) is 3.09. The first-order valence-electron chi connectivity index (χ1n) is 7.23. The van der Waals surface area contributed by atoms with E-state index in [-0.39, 0.29) is 24.1 Å². The maximum absolute atomic E-state index is 13.5. The molecule has 0 N–H and O–H groups in total. The Kier molecular flexibility index (Phi) is 5.67. The van der Waals surface area contributed by atoms with Crippen molar-refractivity contribution in [2.75, 3.05) is 5.75 Å². The second-order valence-corrected chi connectivity index (χ2v) is 6.36. The van der Waals surface area contributed by atoms with E-state index in [0.717, 1.165) is 11.8 Å². The van der Waals surface area contributed by atoms with Gasteiger partial charge < -0.3 is 9.26 Å². The van der Waals surface area contributed by atoms with Crippen LogP contribution in [0.3, 0.4) is 0 Å². The van der Waals surface area contributed by atoms with E-state index in [2.05, 4.69) is 10.1 Å². The molecule has 0 spiro atoms. The zero-order chi connectivity index (χ0) is 17.6. The Balaban J connectivity index is 1.52. The molecule has 0 aliphatic rings. The smallest absolute Gasteiger partial charge is 0.316 e. The predicted molar refractivity (Wildman–Crippen MR) is 91.7 cm³/mol. The van der Waals surface area contributed by atoms with Gasteiger partial charge in [-0.15, -0.1) is 11.8 Å². The lowest BCUT2D eigenvalue weighted by Crippen LogP contribution is -2.07. The monoisotopic (exact) mass is 378 g/mol. The fourth-order valence-electron chi connectivity index (χ4n) is 1.94. The Morgan fingerprint density at radius 2 is 2.08 bits per heavy atom. The van der Waals surface area contributed by atoms with E-state index in [9.17, 15) is 9.18 Å². The summed E-state index contributed by atoms with van der Waals surface area (Å²) in [5, 5.41) is 4.38. The van der Waals surface area contributed by atoms with Crippen molar-refractivity contribution in [3.63, 3.8) is 0 Å². The maximum Gasteiger partial charge on any atom is 0.316 e. The Morgan fingerprint density at radius 3 is 2.88 bits per heavy atom. The minimum absolute atomic E-state index is 0.0176. The lowest BCUT2D eigenvalue weighted by atomic mass is 10.2. The van der Waals surface area contributed by atoms with Gasteiger partial charge in [-0.1, -0.05) is 41.0 Å². The topological polar surface area (TPSA) is 65.2 Å². The molecular weight excluding hydrogens is 367 g/mol. The molecule has 3 rings (SSSR count). The number of thioether (sulfide) groups is 1. The van der Waals surface area contributed by atoms with E-state index < -0.39 is 5.97 Å². The van der Waals surface area contributed by atoms with Crippen LogP contribution in [0.2, 0.25) is 5.02 Å². The number of esters is 1. The molecule has 0 atom stereocenters. The first-order valence-corrected chi connectivity index (χ1v) is 8.59. The van der Waals surface area contributed by atoms with Crippen LogP contribution < -0.4 is 0 Å². The quantitative estimate of drug-likeness (QED) is 0.469. The number of rotatable bonds is 6. The highest BCUT2D eigenvalue weighted by Gasteiger charge is 2.12. The summed E-state index contributed by atoms with van der Waals surface area (Å²) < 4.78 is 23.6. The highest BCUT2D eigenvalue weighted by Crippen LogP contribution is 2.22. The van der Waals surface area contributed by atoms with Gasteiger partial charge in [0.15, 0.2) is 6.61 Å². The van der Waals surface area contributed by atoms with E-state index in [1.54, 1.807) is 42.5 Å². The van der Waals surface area contributed by atoms with Crippen LogP contribution in [0.1, 0.15) is 5.89 Å². The summed E-state index contributed by atoms with van der Waals surface area (Å²) in [7, 11) is 0. The average molecular weight is 379 g/mol. The van der Waals surface area contributed by atoms with Crippen molar-refractivity contribution in [1.82, 2.24) is 10.1 Å². The lowest BCUT2D eigenvalue weighted by molar-refractivity contribution is -0.142. The SMILES string of the molecule is O=C(CSc1ccccc1F)OCc1nc(-c2cccc(Cl)c2)no1. The molecule has 0 unspecified atom stereocenters. The van der Waals surface area contributed by atoms with Crippen molar-refractivity contribution in [2.45, 2.75) is 11.5 Å². The Morgan fingerprint density at radius 1 is 1.24 bits per heavy atom. The number of hydrogen-bond donors (Lipinski definition) is 0. The van der Waals surface area contributed by atoms with Crippen molar-refractivity contribution < 1.29 is 18.4 Å². The van der Waals surface area contributed by atoms with Crippen molar-refractivity contribution in [3.8, 4) is 11.4 Å². The van der Waals surface area contributed by atoms with Gasteiger partial charge in [0.2, 0.25) is 5.82 Å². The van der Waals surface area contributed by atoms with Crippen molar-refractivity contribution in [1.29, 1.82) is 0 Å². The zero-order valence-corrected chi connectivity index (χ0v) is 14.4. The number of carbonyl (C=O) groups excluding carboxylic acids is 1. The van der Waals surface area contributed by atoms with Crippen LogP contribution in [-0.4, -0.2) is 21.9 Å². The minimum Gasteiger partial charge on any atom is -0.455 e. The molecule has 0 aliphatic carbocycles. The zero-order valence-electron chi connectivity index (χ0n) is 12.8. The number of ether oxygens (including phenoxy) is 1. The molecule has 0 saturated carbocycles. The van der Waals surface area contributed by atoms with Crippen LogP contribution in [0.5, 0.6) is 0 Å². The molecule has 0 aliphatic heterocycles. The third kappa shape index (κ3) is 4.80. The summed E-state index contributed by atoms with van der Waals surface area (Å²) in [5.41, 5.74) is 0.698. The first kappa shape index (κ1) is 17.4. The van der Waals surface area contributed by atoms with Crippen LogP contribution in [0.25, 0.3) is 11.4 Å². The number of aromatic nitrogens is 2.